The number of carbonyl (C=O) groups is 2. The number of ketones is 1. The van der Waals surface area contributed by atoms with Crippen molar-refractivity contribution in [3.63, 3.8) is 0 Å². The molecule has 4 aliphatic carbocycles. The first-order valence-electron chi connectivity index (χ1n) is 10.1. The molecule has 0 aromatic rings. The number of ether oxygens (including phenoxy) is 1. The van der Waals surface area contributed by atoms with Crippen LogP contribution < -0.4 is 0 Å². The Hall–Kier alpha value is -1.16. The molecule has 6 unspecified atom stereocenters. The Kier molecular flexibility index (Phi) is 3.33. The summed E-state index contributed by atoms with van der Waals surface area (Å²) in [5.74, 6) is 1.91. The van der Waals surface area contributed by atoms with E-state index < -0.39 is 0 Å². The molecule has 0 radical (unpaired) electrons. The minimum Gasteiger partial charge on any atom is -0.458 e. The van der Waals surface area contributed by atoms with Crippen LogP contribution in [-0.2, 0) is 14.3 Å². The molecule has 7 atom stereocenters. The number of hydrogen-bond donors (Lipinski definition) is 1. The molecule has 1 aliphatic heterocycles. The molecule has 0 aromatic heterocycles. The van der Waals surface area contributed by atoms with Crippen molar-refractivity contribution >= 4 is 11.8 Å². The van der Waals surface area contributed by atoms with Gasteiger partial charge in [-0.1, -0.05) is 12.5 Å². The van der Waals surface area contributed by atoms with Gasteiger partial charge in [-0.05, 0) is 74.7 Å². The van der Waals surface area contributed by atoms with Gasteiger partial charge in [0.1, 0.15) is 5.60 Å². The molecule has 136 valence electrons. The average Bonchev–Trinajstić information content (AvgIpc) is 3.09. The fraction of sp³-hybridized carbons (Fsp3) is 0.810. The minimum atomic E-state index is -0.352. The molecule has 4 heteroatoms. The highest BCUT2D eigenvalue weighted by Crippen LogP contribution is 2.67. The summed E-state index contributed by atoms with van der Waals surface area (Å²) in [7, 11) is 0. The van der Waals surface area contributed by atoms with Gasteiger partial charge in [0.15, 0.2) is 5.78 Å². The van der Waals surface area contributed by atoms with Crippen molar-refractivity contribution in [2.45, 2.75) is 76.4 Å². The van der Waals surface area contributed by atoms with Gasteiger partial charge in [0.05, 0.1) is 6.10 Å². The Morgan fingerprint density at radius 1 is 1.12 bits per heavy atom. The van der Waals surface area contributed by atoms with Crippen molar-refractivity contribution < 1.29 is 19.4 Å². The maximum Gasteiger partial charge on any atom is 0.306 e. The standard InChI is InChI=1S/C21H28O4/c1-20-7-4-15-14-3-2-13(22)10-12(14)11-17(23)19(15)16(20)5-8-21(20)9-6-18(24)25-21/h10,14-17,19,23H,2-9,11H2,1H3/t14?,15?,16?,17-,19?,20?,21?/m1/s1. The van der Waals surface area contributed by atoms with Crippen molar-refractivity contribution in [2.75, 3.05) is 0 Å². The molecular weight excluding hydrogens is 316 g/mol. The Morgan fingerprint density at radius 3 is 2.72 bits per heavy atom. The zero-order valence-corrected chi connectivity index (χ0v) is 15.0. The molecule has 0 amide bonds. The molecule has 5 aliphatic rings. The van der Waals surface area contributed by atoms with E-state index in [1.165, 1.54) is 5.57 Å². The van der Waals surface area contributed by atoms with Gasteiger partial charge in [-0.2, -0.15) is 0 Å². The van der Waals surface area contributed by atoms with Gasteiger partial charge < -0.3 is 9.84 Å². The van der Waals surface area contributed by atoms with Crippen LogP contribution in [0.15, 0.2) is 11.6 Å². The zero-order chi connectivity index (χ0) is 17.4. The van der Waals surface area contributed by atoms with Crippen molar-refractivity contribution in [3.05, 3.63) is 11.6 Å². The van der Waals surface area contributed by atoms with E-state index in [2.05, 4.69) is 6.92 Å². The van der Waals surface area contributed by atoms with Crippen molar-refractivity contribution in [1.29, 1.82) is 0 Å². The van der Waals surface area contributed by atoms with Crippen LogP contribution >= 0.6 is 0 Å². The molecule has 25 heavy (non-hydrogen) atoms. The third-order valence-electron chi connectivity index (χ3n) is 8.65. The summed E-state index contributed by atoms with van der Waals surface area (Å²) in [6.07, 6.45) is 9.36. The Labute approximate surface area is 149 Å². The van der Waals surface area contributed by atoms with E-state index in [1.54, 1.807) is 0 Å². The lowest BCUT2D eigenvalue weighted by atomic mass is 9.49. The average molecular weight is 344 g/mol. The van der Waals surface area contributed by atoms with Gasteiger partial charge in [-0.3, -0.25) is 9.59 Å². The van der Waals surface area contributed by atoms with Gasteiger partial charge >= 0.3 is 5.97 Å². The lowest BCUT2D eigenvalue weighted by Gasteiger charge is -2.56. The predicted molar refractivity (Wildman–Crippen MR) is 91.5 cm³/mol. The van der Waals surface area contributed by atoms with E-state index in [0.717, 1.165) is 38.5 Å². The predicted octanol–water partition coefficient (Wildman–Crippen LogP) is 3.17. The highest BCUT2D eigenvalue weighted by Gasteiger charge is 2.67. The highest BCUT2D eigenvalue weighted by molar-refractivity contribution is 5.91. The van der Waals surface area contributed by atoms with E-state index in [-0.39, 0.29) is 28.9 Å². The largest absolute Gasteiger partial charge is 0.458 e. The van der Waals surface area contributed by atoms with Crippen LogP contribution in [0.25, 0.3) is 0 Å². The molecule has 0 bridgehead atoms. The number of hydrogen-bond acceptors (Lipinski definition) is 4. The first kappa shape index (κ1) is 16.0. The van der Waals surface area contributed by atoms with E-state index in [1.807, 2.05) is 6.08 Å². The van der Waals surface area contributed by atoms with Crippen LogP contribution in [0.4, 0.5) is 0 Å². The number of esters is 1. The maximum absolute atomic E-state index is 11.9. The zero-order valence-electron chi connectivity index (χ0n) is 15.0. The summed E-state index contributed by atoms with van der Waals surface area (Å²) in [6.45, 7) is 2.32. The first-order chi connectivity index (χ1) is 11.9. The SMILES string of the molecule is CC12CCC3C4CCC(=O)C=C4C[C@@H](O)C3C1CCC21CCC(=O)O1. The van der Waals surface area contributed by atoms with E-state index in [4.69, 9.17) is 4.74 Å². The molecule has 1 saturated heterocycles. The van der Waals surface area contributed by atoms with Crippen LogP contribution in [-0.4, -0.2) is 28.6 Å². The van der Waals surface area contributed by atoms with Crippen LogP contribution in [0.1, 0.15) is 64.7 Å². The summed E-state index contributed by atoms with van der Waals surface area (Å²) in [6, 6.07) is 0. The molecule has 1 N–H and O–H groups in total. The van der Waals surface area contributed by atoms with Crippen molar-refractivity contribution in [3.8, 4) is 0 Å². The second-order valence-electron chi connectivity index (χ2n) is 9.41. The molecule has 1 heterocycles. The van der Waals surface area contributed by atoms with E-state index in [0.29, 0.717) is 42.9 Å². The number of carbonyl (C=O) groups excluding carboxylic acids is 2. The fourth-order valence-electron chi connectivity index (χ4n) is 7.49. The fourth-order valence-corrected chi connectivity index (χ4v) is 7.49. The molecule has 1 spiro atoms. The lowest BCUT2D eigenvalue weighted by molar-refractivity contribution is -0.170. The van der Waals surface area contributed by atoms with E-state index >= 15 is 0 Å². The number of aliphatic hydroxyl groups is 1. The van der Waals surface area contributed by atoms with Crippen molar-refractivity contribution in [1.82, 2.24) is 0 Å². The second kappa shape index (κ2) is 5.18. The Bertz CT molecular complexity index is 667. The van der Waals surface area contributed by atoms with Crippen LogP contribution in [0, 0.1) is 29.1 Å². The third-order valence-corrected chi connectivity index (χ3v) is 8.65. The molecule has 4 nitrogen and oxygen atoms in total. The van der Waals surface area contributed by atoms with Gasteiger partial charge in [0.2, 0.25) is 0 Å². The topological polar surface area (TPSA) is 63.6 Å². The van der Waals surface area contributed by atoms with E-state index in [9.17, 15) is 14.7 Å². The second-order valence-corrected chi connectivity index (χ2v) is 9.41. The lowest BCUT2D eigenvalue weighted by Crippen LogP contribution is -2.55. The Balaban J connectivity index is 1.49. The minimum absolute atomic E-state index is 0.00695. The number of rotatable bonds is 0. The Morgan fingerprint density at radius 2 is 1.96 bits per heavy atom. The van der Waals surface area contributed by atoms with Crippen LogP contribution in [0.2, 0.25) is 0 Å². The first-order valence-corrected chi connectivity index (χ1v) is 10.1. The normalized spacial score (nSPS) is 51.6. The molecule has 0 aromatic carbocycles. The molecule has 5 rings (SSSR count). The quantitative estimate of drug-likeness (QED) is 0.686. The smallest absolute Gasteiger partial charge is 0.306 e. The van der Waals surface area contributed by atoms with Crippen LogP contribution in [0.3, 0.4) is 0 Å². The van der Waals surface area contributed by atoms with Crippen LogP contribution in [0.5, 0.6) is 0 Å². The summed E-state index contributed by atoms with van der Waals surface area (Å²) >= 11 is 0. The summed E-state index contributed by atoms with van der Waals surface area (Å²) in [4.78, 5) is 23.7. The summed E-state index contributed by atoms with van der Waals surface area (Å²) in [5, 5.41) is 11.0. The molecular formula is C21H28O4. The number of fused-ring (bicyclic) bond motifs is 6. The third kappa shape index (κ3) is 2.03. The number of aliphatic hydroxyl groups excluding tert-OH is 1. The summed E-state index contributed by atoms with van der Waals surface area (Å²) < 4.78 is 5.94. The molecule has 4 fully saturated rings. The maximum atomic E-state index is 11.9. The monoisotopic (exact) mass is 344 g/mol. The van der Waals surface area contributed by atoms with Gasteiger partial charge in [0.25, 0.3) is 0 Å². The van der Waals surface area contributed by atoms with Gasteiger partial charge in [-0.15, -0.1) is 0 Å². The molecule has 3 saturated carbocycles. The highest BCUT2D eigenvalue weighted by atomic mass is 16.6. The van der Waals surface area contributed by atoms with Gasteiger partial charge in [0, 0.05) is 18.3 Å². The summed E-state index contributed by atoms with van der Waals surface area (Å²) in [5.41, 5.74) is 0.930. The van der Waals surface area contributed by atoms with Crippen molar-refractivity contribution in [2.24, 2.45) is 29.1 Å². The van der Waals surface area contributed by atoms with Gasteiger partial charge in [-0.25, -0.2) is 0 Å².